The topological polar surface area (TPSA) is 87.1 Å². The van der Waals surface area contributed by atoms with Crippen molar-refractivity contribution in [1.29, 1.82) is 0 Å². The molecule has 8 heteroatoms. The van der Waals surface area contributed by atoms with Crippen molar-refractivity contribution in [1.82, 2.24) is 9.91 Å². The summed E-state index contributed by atoms with van der Waals surface area (Å²) in [6.45, 7) is 0.425. The fourth-order valence-electron chi connectivity index (χ4n) is 3.88. The Kier molecular flexibility index (Phi) is 5.12. The molecule has 0 N–H and O–H groups in total. The molecule has 0 radical (unpaired) electrons. The van der Waals surface area contributed by atoms with Crippen LogP contribution in [-0.4, -0.2) is 60.4 Å². The molecule has 0 bridgehead atoms. The first-order valence-corrected chi connectivity index (χ1v) is 11.5. The number of hydrogen-bond acceptors (Lipinski definition) is 5. The molecule has 2 aromatic carbocycles. The lowest BCUT2D eigenvalue weighted by atomic mass is 10.1. The van der Waals surface area contributed by atoms with Gasteiger partial charge in [-0.25, -0.2) is 13.4 Å². The summed E-state index contributed by atoms with van der Waals surface area (Å²) in [5.74, 6) is -0.490. The van der Waals surface area contributed by atoms with E-state index in [0.29, 0.717) is 18.7 Å². The molecule has 0 aliphatic carbocycles. The molecule has 2 aliphatic heterocycles. The van der Waals surface area contributed by atoms with E-state index in [4.69, 9.17) is 0 Å². The Balaban J connectivity index is 1.49. The molecule has 0 spiro atoms. The molecule has 2 amide bonds. The summed E-state index contributed by atoms with van der Waals surface area (Å²) in [6, 6.07) is 13.6. The highest BCUT2D eigenvalue weighted by Crippen LogP contribution is 2.23. The van der Waals surface area contributed by atoms with Crippen molar-refractivity contribution in [2.75, 3.05) is 18.6 Å². The average Bonchev–Trinajstić information content (AvgIpc) is 3.07. The fraction of sp³-hybridized carbons (Fsp3) is 0.381. The van der Waals surface area contributed by atoms with Gasteiger partial charge in [-0.15, -0.1) is 0 Å². The van der Waals surface area contributed by atoms with Gasteiger partial charge in [-0.1, -0.05) is 36.4 Å². The molecular weight excluding hydrogens is 390 g/mol. The Morgan fingerprint density at radius 3 is 2.66 bits per heavy atom. The van der Waals surface area contributed by atoms with Gasteiger partial charge in [0.25, 0.3) is 5.91 Å². The highest BCUT2D eigenvalue weighted by atomic mass is 32.2. The molecule has 4 rings (SSSR count). The van der Waals surface area contributed by atoms with Crippen LogP contribution in [0.1, 0.15) is 24.8 Å². The van der Waals surface area contributed by atoms with E-state index in [-0.39, 0.29) is 36.2 Å². The predicted molar refractivity (Wildman–Crippen MR) is 111 cm³/mol. The molecule has 1 fully saturated rings. The molecule has 1 unspecified atom stereocenters. The number of carbonyl (C=O) groups excluding carboxylic acids is 2. The first kappa shape index (κ1) is 19.6. The molecule has 29 heavy (non-hydrogen) atoms. The molecule has 7 nitrogen and oxygen atoms in total. The molecule has 0 aromatic heterocycles. The smallest absolute Gasteiger partial charge is 0.270 e. The summed E-state index contributed by atoms with van der Waals surface area (Å²) in [6.07, 6.45) is 0.812. The maximum absolute atomic E-state index is 12.9. The van der Waals surface area contributed by atoms with Gasteiger partial charge in [0.05, 0.1) is 17.5 Å². The fourth-order valence-corrected chi connectivity index (χ4v) is 5.57. The highest BCUT2D eigenvalue weighted by Gasteiger charge is 2.37. The summed E-state index contributed by atoms with van der Waals surface area (Å²) in [4.78, 5) is 26.7. The second kappa shape index (κ2) is 7.59. The Morgan fingerprint density at radius 1 is 1.17 bits per heavy atom. The van der Waals surface area contributed by atoms with E-state index in [2.05, 4.69) is 11.2 Å². The molecule has 1 atom stereocenters. The lowest BCUT2D eigenvalue weighted by molar-refractivity contribution is -0.134. The lowest BCUT2D eigenvalue weighted by Gasteiger charge is -2.29. The summed E-state index contributed by atoms with van der Waals surface area (Å²) in [5, 5.41) is 7.75. The van der Waals surface area contributed by atoms with Crippen LogP contribution in [0.15, 0.2) is 47.6 Å². The first-order valence-electron chi connectivity index (χ1n) is 9.65. The minimum atomic E-state index is -3.14. The highest BCUT2D eigenvalue weighted by molar-refractivity contribution is 7.91. The first-order chi connectivity index (χ1) is 13.8. The quantitative estimate of drug-likeness (QED) is 0.767. The van der Waals surface area contributed by atoms with Crippen molar-refractivity contribution in [2.45, 2.75) is 31.8 Å². The third-order valence-electron chi connectivity index (χ3n) is 5.44. The maximum atomic E-state index is 12.9. The van der Waals surface area contributed by atoms with Gasteiger partial charge >= 0.3 is 0 Å². The molecule has 2 aliphatic rings. The SMILES string of the molecule is CN(Cc1ccc2ccccc2c1)C(=O)C1=NN(C2CCS(=O)(=O)C2)C(=O)CC1. The third-order valence-corrected chi connectivity index (χ3v) is 7.19. The number of rotatable bonds is 4. The van der Waals surface area contributed by atoms with Crippen LogP contribution in [0.4, 0.5) is 0 Å². The van der Waals surface area contributed by atoms with Crippen molar-refractivity contribution in [2.24, 2.45) is 5.10 Å². The van der Waals surface area contributed by atoms with Crippen molar-refractivity contribution < 1.29 is 18.0 Å². The molecule has 2 heterocycles. The summed E-state index contributed by atoms with van der Waals surface area (Å²) in [7, 11) is -1.43. The van der Waals surface area contributed by atoms with Gasteiger partial charge in [0.15, 0.2) is 9.84 Å². The van der Waals surface area contributed by atoms with Gasteiger partial charge in [0.2, 0.25) is 5.91 Å². The van der Waals surface area contributed by atoms with Crippen LogP contribution in [0.3, 0.4) is 0 Å². The molecule has 152 valence electrons. The van der Waals surface area contributed by atoms with Crippen LogP contribution in [0.5, 0.6) is 0 Å². The number of amides is 2. The van der Waals surface area contributed by atoms with E-state index < -0.39 is 15.9 Å². The van der Waals surface area contributed by atoms with E-state index in [1.54, 1.807) is 11.9 Å². The van der Waals surface area contributed by atoms with Crippen LogP contribution in [0.2, 0.25) is 0 Å². The van der Waals surface area contributed by atoms with Gasteiger partial charge in [-0.3, -0.25) is 9.59 Å². The number of carbonyl (C=O) groups is 2. The van der Waals surface area contributed by atoms with E-state index >= 15 is 0 Å². The Hall–Kier alpha value is -2.74. The minimum absolute atomic E-state index is 0.0577. The van der Waals surface area contributed by atoms with Crippen LogP contribution in [-0.2, 0) is 26.0 Å². The molecule has 0 saturated carbocycles. The van der Waals surface area contributed by atoms with Crippen LogP contribution < -0.4 is 0 Å². The largest absolute Gasteiger partial charge is 0.336 e. The molecule has 1 saturated heterocycles. The monoisotopic (exact) mass is 413 g/mol. The van der Waals surface area contributed by atoms with E-state index in [1.165, 1.54) is 5.01 Å². The van der Waals surface area contributed by atoms with E-state index in [0.717, 1.165) is 16.3 Å². The summed E-state index contributed by atoms with van der Waals surface area (Å²) < 4.78 is 23.5. The van der Waals surface area contributed by atoms with Gasteiger partial charge in [0, 0.05) is 26.4 Å². The van der Waals surface area contributed by atoms with Gasteiger partial charge < -0.3 is 4.90 Å². The number of sulfone groups is 1. The van der Waals surface area contributed by atoms with Gasteiger partial charge in [0.1, 0.15) is 5.71 Å². The summed E-state index contributed by atoms with van der Waals surface area (Å²) in [5.41, 5.74) is 1.31. The predicted octanol–water partition coefficient (Wildman–Crippen LogP) is 1.96. The summed E-state index contributed by atoms with van der Waals surface area (Å²) >= 11 is 0. The van der Waals surface area contributed by atoms with Crippen LogP contribution >= 0.6 is 0 Å². The average molecular weight is 413 g/mol. The lowest BCUT2D eigenvalue weighted by Crippen LogP contribution is -2.44. The normalized spacial score (nSPS) is 21.3. The Bertz CT molecular complexity index is 1110. The second-order valence-electron chi connectivity index (χ2n) is 7.68. The number of hydrogen-bond donors (Lipinski definition) is 0. The Labute approximate surface area is 169 Å². The van der Waals surface area contributed by atoms with Crippen LogP contribution in [0.25, 0.3) is 10.8 Å². The Morgan fingerprint density at radius 2 is 1.93 bits per heavy atom. The number of nitrogens with zero attached hydrogens (tertiary/aromatic N) is 3. The zero-order valence-corrected chi connectivity index (χ0v) is 17.1. The number of hydrazone groups is 1. The van der Waals surface area contributed by atoms with Crippen molar-refractivity contribution in [3.05, 3.63) is 48.0 Å². The maximum Gasteiger partial charge on any atom is 0.270 e. The van der Waals surface area contributed by atoms with Crippen molar-refractivity contribution >= 4 is 38.1 Å². The minimum Gasteiger partial charge on any atom is -0.336 e. The standard InChI is InChI=1S/C21H23N3O4S/c1-23(13-15-6-7-16-4-2-3-5-17(16)12-15)21(26)19-8-9-20(25)24(22-19)18-10-11-29(27,28)14-18/h2-7,12,18H,8-11,13-14H2,1H3. The van der Waals surface area contributed by atoms with E-state index in [1.807, 2.05) is 36.4 Å². The van der Waals surface area contributed by atoms with Crippen molar-refractivity contribution in [3.63, 3.8) is 0 Å². The van der Waals surface area contributed by atoms with Crippen molar-refractivity contribution in [3.8, 4) is 0 Å². The van der Waals surface area contributed by atoms with Gasteiger partial charge in [-0.05, 0) is 28.8 Å². The molecular formula is C21H23N3O4S. The van der Waals surface area contributed by atoms with Gasteiger partial charge in [-0.2, -0.15) is 5.10 Å². The number of fused-ring (bicyclic) bond motifs is 1. The zero-order chi connectivity index (χ0) is 20.6. The second-order valence-corrected chi connectivity index (χ2v) is 9.91. The number of benzene rings is 2. The zero-order valence-electron chi connectivity index (χ0n) is 16.2. The third kappa shape index (κ3) is 4.17. The molecule has 2 aromatic rings. The van der Waals surface area contributed by atoms with E-state index in [9.17, 15) is 18.0 Å². The van der Waals surface area contributed by atoms with Crippen LogP contribution in [0, 0.1) is 0 Å².